The standard InChI is InChI=1S/C23H26N4O4S/c1-15-6-10-20(11-7-15)32(29,30)27-12-4-5-19(14-27)21(28)24-23-26-25-22(31-23)18-9-8-16(2)17(3)13-18/h6-11,13,19H,4-5,12,14H2,1-3H3,(H,24,26,28). The number of hydrogen-bond donors (Lipinski definition) is 1. The Kier molecular flexibility index (Phi) is 6.12. The van der Waals surface area contributed by atoms with Crippen LogP contribution in [0, 0.1) is 26.7 Å². The number of nitrogens with zero attached hydrogens (tertiary/aromatic N) is 3. The summed E-state index contributed by atoms with van der Waals surface area (Å²) in [6, 6.07) is 12.5. The molecule has 1 fully saturated rings. The average Bonchev–Trinajstić information content (AvgIpc) is 3.24. The second-order valence-corrected chi connectivity index (χ2v) is 10.2. The molecular formula is C23H26N4O4S. The van der Waals surface area contributed by atoms with Gasteiger partial charge in [-0.05, 0) is 69.0 Å². The quantitative estimate of drug-likeness (QED) is 0.630. The third-order valence-electron chi connectivity index (χ3n) is 5.82. The van der Waals surface area contributed by atoms with Crippen molar-refractivity contribution in [3.63, 3.8) is 0 Å². The van der Waals surface area contributed by atoms with Crippen molar-refractivity contribution in [3.05, 3.63) is 59.2 Å². The highest BCUT2D eigenvalue weighted by molar-refractivity contribution is 7.89. The van der Waals surface area contributed by atoms with Gasteiger partial charge in [0, 0.05) is 18.7 Å². The number of aryl methyl sites for hydroxylation is 3. The number of carbonyl (C=O) groups excluding carboxylic acids is 1. The van der Waals surface area contributed by atoms with E-state index in [1.165, 1.54) is 4.31 Å². The molecule has 1 N–H and O–H groups in total. The van der Waals surface area contributed by atoms with Crippen molar-refractivity contribution in [1.82, 2.24) is 14.5 Å². The maximum atomic E-state index is 13.0. The Morgan fingerprint density at radius 1 is 1.06 bits per heavy atom. The van der Waals surface area contributed by atoms with Crippen LogP contribution >= 0.6 is 0 Å². The number of anilines is 1. The number of amides is 1. The van der Waals surface area contributed by atoms with Gasteiger partial charge in [0.25, 0.3) is 0 Å². The molecule has 4 rings (SSSR count). The van der Waals surface area contributed by atoms with Gasteiger partial charge in [0.05, 0.1) is 10.8 Å². The van der Waals surface area contributed by atoms with Gasteiger partial charge in [-0.1, -0.05) is 28.9 Å². The van der Waals surface area contributed by atoms with E-state index < -0.39 is 15.9 Å². The van der Waals surface area contributed by atoms with E-state index in [9.17, 15) is 13.2 Å². The van der Waals surface area contributed by atoms with Gasteiger partial charge in [-0.3, -0.25) is 10.1 Å². The summed E-state index contributed by atoms with van der Waals surface area (Å²) < 4.78 is 33.0. The Balaban J connectivity index is 1.44. The summed E-state index contributed by atoms with van der Waals surface area (Å²) >= 11 is 0. The van der Waals surface area contributed by atoms with E-state index in [1.807, 2.05) is 39.0 Å². The van der Waals surface area contributed by atoms with Gasteiger partial charge < -0.3 is 4.42 Å². The predicted octanol–water partition coefficient (Wildman–Crippen LogP) is 3.70. The van der Waals surface area contributed by atoms with Crippen LogP contribution in [0.25, 0.3) is 11.5 Å². The lowest BCUT2D eigenvalue weighted by Gasteiger charge is -2.30. The van der Waals surface area contributed by atoms with Crippen LogP contribution in [0.2, 0.25) is 0 Å². The number of rotatable bonds is 5. The fourth-order valence-corrected chi connectivity index (χ4v) is 5.23. The first-order valence-electron chi connectivity index (χ1n) is 10.5. The first-order valence-corrected chi connectivity index (χ1v) is 12.0. The molecule has 1 aromatic heterocycles. The van der Waals surface area contributed by atoms with Crippen molar-refractivity contribution in [1.29, 1.82) is 0 Å². The summed E-state index contributed by atoms with van der Waals surface area (Å²) in [5.41, 5.74) is 4.02. The number of piperidine rings is 1. The highest BCUT2D eigenvalue weighted by Crippen LogP contribution is 2.26. The lowest BCUT2D eigenvalue weighted by atomic mass is 9.99. The molecule has 0 saturated carbocycles. The molecule has 2 heterocycles. The van der Waals surface area contributed by atoms with Gasteiger partial charge in [0.2, 0.25) is 21.8 Å². The highest BCUT2D eigenvalue weighted by Gasteiger charge is 2.33. The SMILES string of the molecule is Cc1ccc(S(=O)(=O)N2CCCC(C(=O)Nc3nnc(-c4ccc(C)c(C)c4)o3)C2)cc1. The zero-order valence-electron chi connectivity index (χ0n) is 18.3. The molecule has 32 heavy (non-hydrogen) atoms. The van der Waals surface area contributed by atoms with Crippen LogP contribution in [0.5, 0.6) is 0 Å². The molecule has 1 atom stereocenters. The summed E-state index contributed by atoms with van der Waals surface area (Å²) in [6.07, 6.45) is 1.19. The van der Waals surface area contributed by atoms with Crippen LogP contribution in [-0.4, -0.2) is 41.9 Å². The molecule has 1 amide bonds. The summed E-state index contributed by atoms with van der Waals surface area (Å²) in [6.45, 7) is 6.42. The van der Waals surface area contributed by atoms with Gasteiger partial charge in [-0.25, -0.2) is 8.42 Å². The van der Waals surface area contributed by atoms with E-state index in [0.717, 1.165) is 22.3 Å². The van der Waals surface area contributed by atoms with E-state index in [4.69, 9.17) is 4.42 Å². The maximum absolute atomic E-state index is 13.0. The Bertz CT molecular complexity index is 1240. The molecule has 0 spiro atoms. The van der Waals surface area contributed by atoms with Crippen LogP contribution in [-0.2, 0) is 14.8 Å². The van der Waals surface area contributed by atoms with E-state index >= 15 is 0 Å². The van der Waals surface area contributed by atoms with Crippen molar-refractivity contribution in [2.24, 2.45) is 5.92 Å². The second kappa shape index (κ2) is 8.84. The molecule has 1 saturated heterocycles. The monoisotopic (exact) mass is 454 g/mol. The van der Waals surface area contributed by atoms with Crippen molar-refractivity contribution >= 4 is 21.9 Å². The highest BCUT2D eigenvalue weighted by atomic mass is 32.2. The number of nitrogens with one attached hydrogen (secondary N) is 1. The second-order valence-electron chi connectivity index (χ2n) is 8.22. The third-order valence-corrected chi connectivity index (χ3v) is 7.70. The number of hydrogen-bond acceptors (Lipinski definition) is 6. The lowest BCUT2D eigenvalue weighted by molar-refractivity contribution is -0.121. The minimum atomic E-state index is -3.66. The molecule has 0 aliphatic carbocycles. The van der Waals surface area contributed by atoms with Gasteiger partial charge >= 0.3 is 6.01 Å². The van der Waals surface area contributed by atoms with Gasteiger partial charge in [-0.15, -0.1) is 5.10 Å². The Labute approximate surface area is 187 Å². The molecular weight excluding hydrogens is 428 g/mol. The normalized spacial score (nSPS) is 17.3. The molecule has 2 aromatic carbocycles. The zero-order valence-corrected chi connectivity index (χ0v) is 19.1. The Morgan fingerprint density at radius 3 is 2.53 bits per heavy atom. The molecule has 168 valence electrons. The first-order chi connectivity index (χ1) is 15.2. The summed E-state index contributed by atoms with van der Waals surface area (Å²) in [4.78, 5) is 13.0. The van der Waals surface area contributed by atoms with Gasteiger partial charge in [-0.2, -0.15) is 4.31 Å². The number of benzene rings is 2. The summed E-state index contributed by atoms with van der Waals surface area (Å²) in [7, 11) is -3.66. The molecule has 3 aromatic rings. The van der Waals surface area contributed by atoms with Crippen LogP contribution < -0.4 is 5.32 Å². The van der Waals surface area contributed by atoms with Crippen molar-refractivity contribution in [2.45, 2.75) is 38.5 Å². The minimum absolute atomic E-state index is 0.00161. The van der Waals surface area contributed by atoms with Gasteiger partial charge in [0.1, 0.15) is 0 Å². The summed E-state index contributed by atoms with van der Waals surface area (Å²) in [5, 5.41) is 10.6. The van der Waals surface area contributed by atoms with Crippen LogP contribution in [0.15, 0.2) is 51.8 Å². The van der Waals surface area contributed by atoms with Gasteiger partial charge in [0.15, 0.2) is 0 Å². The van der Waals surface area contributed by atoms with Crippen LogP contribution in [0.3, 0.4) is 0 Å². The third kappa shape index (κ3) is 4.58. The molecule has 8 nitrogen and oxygen atoms in total. The largest absolute Gasteiger partial charge is 0.403 e. The smallest absolute Gasteiger partial charge is 0.322 e. The fourth-order valence-electron chi connectivity index (χ4n) is 3.71. The number of carbonyl (C=O) groups is 1. The first kappa shape index (κ1) is 22.2. The molecule has 0 radical (unpaired) electrons. The number of sulfonamides is 1. The maximum Gasteiger partial charge on any atom is 0.322 e. The van der Waals surface area contributed by atoms with Crippen molar-refractivity contribution < 1.29 is 17.6 Å². The lowest BCUT2D eigenvalue weighted by Crippen LogP contribution is -2.43. The zero-order chi connectivity index (χ0) is 22.9. The van der Waals surface area contributed by atoms with E-state index in [-0.39, 0.29) is 23.4 Å². The Morgan fingerprint density at radius 2 is 1.81 bits per heavy atom. The van der Waals surface area contributed by atoms with Crippen LogP contribution in [0.4, 0.5) is 6.01 Å². The molecule has 0 bridgehead atoms. The molecule has 1 unspecified atom stereocenters. The topological polar surface area (TPSA) is 105 Å². The van der Waals surface area contributed by atoms with Crippen molar-refractivity contribution in [2.75, 3.05) is 18.4 Å². The minimum Gasteiger partial charge on any atom is -0.403 e. The Hall–Kier alpha value is -3.04. The molecule has 9 heteroatoms. The molecule has 1 aliphatic rings. The van der Waals surface area contributed by atoms with Crippen molar-refractivity contribution in [3.8, 4) is 11.5 Å². The van der Waals surface area contributed by atoms with E-state index in [0.29, 0.717) is 25.3 Å². The molecule has 1 aliphatic heterocycles. The predicted molar refractivity (Wildman–Crippen MR) is 120 cm³/mol. The fraction of sp³-hybridized carbons (Fsp3) is 0.348. The summed E-state index contributed by atoms with van der Waals surface area (Å²) in [5.74, 6) is -0.513. The van der Waals surface area contributed by atoms with E-state index in [1.54, 1.807) is 24.3 Å². The van der Waals surface area contributed by atoms with Crippen LogP contribution in [0.1, 0.15) is 29.5 Å². The average molecular weight is 455 g/mol. The van der Waals surface area contributed by atoms with E-state index in [2.05, 4.69) is 15.5 Å². The number of aromatic nitrogens is 2.